The number of hydrogen-bond acceptors (Lipinski definition) is 1. The lowest BCUT2D eigenvalue weighted by Gasteiger charge is -2.09. The second-order valence-corrected chi connectivity index (χ2v) is 3.68. The van der Waals surface area contributed by atoms with Gasteiger partial charge >= 0.3 is 0 Å². The van der Waals surface area contributed by atoms with Crippen LogP contribution in [0.3, 0.4) is 0 Å². The maximum absolute atomic E-state index is 9.47. The summed E-state index contributed by atoms with van der Waals surface area (Å²) in [4.78, 5) is 0. The summed E-state index contributed by atoms with van der Waals surface area (Å²) in [6.45, 7) is 6.22. The van der Waals surface area contributed by atoms with E-state index in [2.05, 4.69) is 32.0 Å². The van der Waals surface area contributed by atoms with E-state index in [0.717, 1.165) is 12.8 Å². The quantitative estimate of drug-likeness (QED) is 0.754. The van der Waals surface area contributed by atoms with E-state index in [1.165, 1.54) is 16.7 Å². The van der Waals surface area contributed by atoms with Gasteiger partial charge in [-0.1, -0.05) is 25.1 Å². The Morgan fingerprint density at radius 2 is 1.92 bits per heavy atom. The lowest BCUT2D eigenvalue weighted by Crippen LogP contribution is -2.08. The molecule has 0 spiro atoms. The minimum atomic E-state index is -0.192. The van der Waals surface area contributed by atoms with Crippen LogP contribution in [-0.2, 0) is 6.42 Å². The van der Waals surface area contributed by atoms with Crippen molar-refractivity contribution in [1.82, 2.24) is 0 Å². The summed E-state index contributed by atoms with van der Waals surface area (Å²) in [7, 11) is 0. The average molecular weight is 178 g/mol. The largest absolute Gasteiger partial charge is 0.393 e. The Morgan fingerprint density at radius 1 is 1.23 bits per heavy atom. The van der Waals surface area contributed by atoms with Gasteiger partial charge in [0.1, 0.15) is 0 Å². The first-order valence-electron chi connectivity index (χ1n) is 4.87. The van der Waals surface area contributed by atoms with Crippen LogP contribution >= 0.6 is 0 Å². The van der Waals surface area contributed by atoms with Gasteiger partial charge in [-0.05, 0) is 43.4 Å². The Bertz CT molecular complexity index is 278. The molecule has 0 bridgehead atoms. The van der Waals surface area contributed by atoms with Crippen LogP contribution in [0.1, 0.15) is 30.0 Å². The Morgan fingerprint density at radius 3 is 2.46 bits per heavy atom. The molecule has 1 rings (SSSR count). The Balaban J connectivity index is 2.73. The van der Waals surface area contributed by atoms with Crippen molar-refractivity contribution < 1.29 is 5.11 Å². The second-order valence-electron chi connectivity index (χ2n) is 3.68. The van der Waals surface area contributed by atoms with Crippen LogP contribution in [0.25, 0.3) is 0 Å². The predicted octanol–water partition coefficient (Wildman–Crippen LogP) is 2.62. The van der Waals surface area contributed by atoms with E-state index in [9.17, 15) is 5.11 Å². The smallest absolute Gasteiger partial charge is 0.0577 e. The molecule has 1 heteroatoms. The van der Waals surface area contributed by atoms with Crippen LogP contribution in [0.2, 0.25) is 0 Å². The van der Waals surface area contributed by atoms with Gasteiger partial charge in [0.2, 0.25) is 0 Å². The van der Waals surface area contributed by atoms with Crippen molar-refractivity contribution in [3.8, 4) is 0 Å². The Labute approximate surface area is 80.4 Å². The third-order valence-corrected chi connectivity index (χ3v) is 2.51. The average Bonchev–Trinajstić information content (AvgIpc) is 2.11. The summed E-state index contributed by atoms with van der Waals surface area (Å²) in [5.41, 5.74) is 3.85. The molecule has 1 N–H and O–H groups in total. The van der Waals surface area contributed by atoms with Crippen molar-refractivity contribution in [1.29, 1.82) is 0 Å². The molecule has 0 heterocycles. The highest BCUT2D eigenvalue weighted by Crippen LogP contribution is 2.12. The molecule has 0 saturated carbocycles. The summed E-state index contributed by atoms with van der Waals surface area (Å²) in [5, 5.41) is 9.47. The van der Waals surface area contributed by atoms with Gasteiger partial charge < -0.3 is 5.11 Å². The van der Waals surface area contributed by atoms with E-state index in [1.54, 1.807) is 0 Å². The van der Waals surface area contributed by atoms with Gasteiger partial charge in [0, 0.05) is 0 Å². The molecule has 0 saturated heterocycles. The third-order valence-electron chi connectivity index (χ3n) is 2.51. The third kappa shape index (κ3) is 2.85. The van der Waals surface area contributed by atoms with E-state index in [4.69, 9.17) is 0 Å². The van der Waals surface area contributed by atoms with Gasteiger partial charge in [0.05, 0.1) is 6.10 Å². The van der Waals surface area contributed by atoms with Crippen molar-refractivity contribution in [2.45, 2.75) is 39.7 Å². The summed E-state index contributed by atoms with van der Waals surface area (Å²) in [5.74, 6) is 0. The molecule has 13 heavy (non-hydrogen) atoms. The lowest BCUT2D eigenvalue weighted by molar-refractivity contribution is 0.171. The lowest BCUT2D eigenvalue weighted by atomic mass is 10.0. The van der Waals surface area contributed by atoms with Gasteiger partial charge in [-0.15, -0.1) is 0 Å². The first-order valence-corrected chi connectivity index (χ1v) is 4.87. The van der Waals surface area contributed by atoms with Crippen LogP contribution in [0, 0.1) is 13.8 Å². The summed E-state index contributed by atoms with van der Waals surface area (Å²) in [6, 6.07) is 6.38. The monoisotopic (exact) mass is 178 g/mol. The summed E-state index contributed by atoms with van der Waals surface area (Å²) < 4.78 is 0. The highest BCUT2D eigenvalue weighted by Gasteiger charge is 2.03. The molecule has 1 aromatic rings. The first-order chi connectivity index (χ1) is 6.13. The number of aliphatic hydroxyl groups excluding tert-OH is 1. The number of benzene rings is 1. The highest BCUT2D eigenvalue weighted by molar-refractivity contribution is 5.30. The van der Waals surface area contributed by atoms with Crippen LogP contribution in [-0.4, -0.2) is 11.2 Å². The van der Waals surface area contributed by atoms with E-state index in [1.807, 2.05) is 6.92 Å². The van der Waals surface area contributed by atoms with E-state index >= 15 is 0 Å². The molecule has 0 amide bonds. The molecule has 0 aliphatic carbocycles. The van der Waals surface area contributed by atoms with E-state index < -0.39 is 0 Å². The maximum atomic E-state index is 9.47. The van der Waals surface area contributed by atoms with Crippen LogP contribution in [0.4, 0.5) is 0 Å². The fraction of sp³-hybridized carbons (Fsp3) is 0.500. The summed E-state index contributed by atoms with van der Waals surface area (Å²) in [6.07, 6.45) is 1.41. The minimum absolute atomic E-state index is 0.192. The van der Waals surface area contributed by atoms with Gasteiger partial charge in [-0.25, -0.2) is 0 Å². The SMILES string of the molecule is CCC(O)Cc1ccc(C)c(C)c1. The number of aryl methyl sites for hydroxylation is 2. The van der Waals surface area contributed by atoms with Gasteiger partial charge in [-0.3, -0.25) is 0 Å². The molecule has 1 aromatic carbocycles. The molecule has 0 aromatic heterocycles. The zero-order chi connectivity index (χ0) is 9.84. The normalized spacial score (nSPS) is 12.9. The van der Waals surface area contributed by atoms with Gasteiger partial charge in [-0.2, -0.15) is 0 Å². The fourth-order valence-corrected chi connectivity index (χ4v) is 1.35. The molecule has 1 unspecified atom stereocenters. The van der Waals surface area contributed by atoms with E-state index in [-0.39, 0.29) is 6.10 Å². The Hall–Kier alpha value is -0.820. The minimum Gasteiger partial charge on any atom is -0.393 e. The number of rotatable bonds is 3. The number of aliphatic hydroxyl groups is 1. The van der Waals surface area contributed by atoms with Crippen LogP contribution in [0.5, 0.6) is 0 Å². The standard InChI is InChI=1S/C12H18O/c1-4-12(13)8-11-6-5-9(2)10(3)7-11/h5-7,12-13H,4,8H2,1-3H3. The van der Waals surface area contributed by atoms with Crippen LogP contribution in [0.15, 0.2) is 18.2 Å². The highest BCUT2D eigenvalue weighted by atomic mass is 16.3. The van der Waals surface area contributed by atoms with Gasteiger partial charge in [0.15, 0.2) is 0 Å². The molecular weight excluding hydrogens is 160 g/mol. The van der Waals surface area contributed by atoms with Crippen molar-refractivity contribution in [2.75, 3.05) is 0 Å². The van der Waals surface area contributed by atoms with Gasteiger partial charge in [0.25, 0.3) is 0 Å². The van der Waals surface area contributed by atoms with Crippen molar-refractivity contribution in [3.63, 3.8) is 0 Å². The topological polar surface area (TPSA) is 20.2 Å². The molecule has 72 valence electrons. The molecular formula is C12H18O. The fourth-order valence-electron chi connectivity index (χ4n) is 1.35. The molecule has 0 radical (unpaired) electrons. The zero-order valence-electron chi connectivity index (χ0n) is 8.67. The molecule has 1 atom stereocenters. The zero-order valence-corrected chi connectivity index (χ0v) is 8.67. The van der Waals surface area contributed by atoms with Crippen molar-refractivity contribution in [3.05, 3.63) is 34.9 Å². The molecule has 0 aliphatic heterocycles. The molecule has 1 nitrogen and oxygen atoms in total. The maximum Gasteiger partial charge on any atom is 0.0577 e. The molecule has 0 aliphatic rings. The van der Waals surface area contributed by atoms with E-state index in [0.29, 0.717) is 0 Å². The first kappa shape index (κ1) is 10.3. The van der Waals surface area contributed by atoms with Crippen LogP contribution < -0.4 is 0 Å². The number of hydrogen-bond donors (Lipinski definition) is 1. The Kier molecular flexibility index (Phi) is 3.49. The van der Waals surface area contributed by atoms with Crippen molar-refractivity contribution >= 4 is 0 Å². The molecule has 0 fully saturated rings. The summed E-state index contributed by atoms with van der Waals surface area (Å²) >= 11 is 0. The predicted molar refractivity (Wildman–Crippen MR) is 55.9 cm³/mol. The van der Waals surface area contributed by atoms with Crippen molar-refractivity contribution in [2.24, 2.45) is 0 Å². The second kappa shape index (κ2) is 4.43.